The van der Waals surface area contributed by atoms with E-state index in [1.807, 2.05) is 17.5 Å². The fraction of sp³-hybridized carbons (Fsp3) is 0.0909. The summed E-state index contributed by atoms with van der Waals surface area (Å²) in [4.78, 5) is 28.1. The van der Waals surface area contributed by atoms with E-state index in [2.05, 4.69) is 15.9 Å². The summed E-state index contributed by atoms with van der Waals surface area (Å²) in [5.41, 5.74) is 0.982. The molecule has 1 saturated heterocycles. The van der Waals surface area contributed by atoms with Gasteiger partial charge in [0.2, 0.25) is 0 Å². The summed E-state index contributed by atoms with van der Waals surface area (Å²) in [5.74, 6) is -2.11. The van der Waals surface area contributed by atoms with Crippen molar-refractivity contribution in [3.05, 3.63) is 97.9 Å². The molecule has 7 heteroatoms. The summed E-state index contributed by atoms with van der Waals surface area (Å²) in [6, 6.07) is 15.4. The fourth-order valence-electron chi connectivity index (χ4n) is 3.37. The second-order valence-corrected chi connectivity index (χ2v) is 8.51. The molecule has 0 radical (unpaired) electrons. The van der Waals surface area contributed by atoms with Crippen LogP contribution in [0.2, 0.25) is 0 Å². The Morgan fingerprint density at radius 1 is 1.07 bits per heavy atom. The number of carbonyl (C=O) groups is 2. The zero-order chi connectivity index (χ0) is 20.5. The summed E-state index contributed by atoms with van der Waals surface area (Å²) < 4.78 is 14.3. The Kier molecular flexibility index (Phi) is 5.34. The van der Waals surface area contributed by atoms with Crippen molar-refractivity contribution in [2.45, 2.75) is 12.6 Å². The molecular formula is C22H15BrFNO3S. The molecule has 146 valence electrons. The molecule has 1 atom stereocenters. The van der Waals surface area contributed by atoms with Gasteiger partial charge in [-0.25, -0.2) is 4.39 Å². The number of nitrogens with zero attached hydrogens (tertiary/aromatic N) is 1. The van der Waals surface area contributed by atoms with Crippen LogP contribution < -0.4 is 0 Å². The van der Waals surface area contributed by atoms with E-state index in [4.69, 9.17) is 0 Å². The number of rotatable bonds is 4. The maximum absolute atomic E-state index is 13.5. The minimum Gasteiger partial charge on any atom is -0.507 e. The fourth-order valence-corrected chi connectivity index (χ4v) is 4.34. The van der Waals surface area contributed by atoms with Gasteiger partial charge in [-0.1, -0.05) is 46.3 Å². The van der Waals surface area contributed by atoms with E-state index in [-0.39, 0.29) is 17.9 Å². The molecule has 1 fully saturated rings. The maximum Gasteiger partial charge on any atom is 0.295 e. The predicted octanol–water partition coefficient (Wildman–Crippen LogP) is 5.27. The molecule has 29 heavy (non-hydrogen) atoms. The zero-order valence-electron chi connectivity index (χ0n) is 15.0. The van der Waals surface area contributed by atoms with E-state index in [9.17, 15) is 19.1 Å². The highest BCUT2D eigenvalue weighted by atomic mass is 79.9. The number of aliphatic hydroxyl groups is 1. The number of likely N-dealkylation sites (tertiary alicyclic amines) is 1. The average Bonchev–Trinajstić information content (AvgIpc) is 3.31. The van der Waals surface area contributed by atoms with E-state index in [1.165, 1.54) is 40.5 Å². The SMILES string of the molecule is O=C1C(=O)N(Cc2cccs2)C(c2ccc(F)cc2)/C1=C(/O)c1ccc(Br)cc1. The van der Waals surface area contributed by atoms with Gasteiger partial charge in [0, 0.05) is 14.9 Å². The lowest BCUT2D eigenvalue weighted by molar-refractivity contribution is -0.140. The highest BCUT2D eigenvalue weighted by Crippen LogP contribution is 2.40. The first-order valence-electron chi connectivity index (χ1n) is 8.78. The Morgan fingerprint density at radius 3 is 2.38 bits per heavy atom. The van der Waals surface area contributed by atoms with Crippen LogP contribution in [0, 0.1) is 5.82 Å². The van der Waals surface area contributed by atoms with Crippen LogP contribution in [0.1, 0.15) is 22.0 Å². The summed E-state index contributed by atoms with van der Waals surface area (Å²) in [5, 5.41) is 12.8. The number of hydrogen-bond donors (Lipinski definition) is 1. The number of benzene rings is 2. The number of thiophene rings is 1. The van der Waals surface area contributed by atoms with Crippen LogP contribution in [-0.2, 0) is 16.1 Å². The Balaban J connectivity index is 1.86. The third-order valence-electron chi connectivity index (χ3n) is 4.75. The number of halogens is 2. The molecule has 2 aromatic carbocycles. The lowest BCUT2D eigenvalue weighted by Gasteiger charge is -2.25. The minimum atomic E-state index is -0.804. The Labute approximate surface area is 179 Å². The number of Topliss-reactive ketones (excluding diaryl/α,β-unsaturated/α-hetero) is 1. The Bertz CT molecular complexity index is 1090. The van der Waals surface area contributed by atoms with E-state index >= 15 is 0 Å². The molecular weight excluding hydrogens is 457 g/mol. The monoisotopic (exact) mass is 471 g/mol. The highest BCUT2D eigenvalue weighted by Gasteiger charge is 2.46. The van der Waals surface area contributed by atoms with Gasteiger partial charge in [-0.3, -0.25) is 9.59 Å². The molecule has 2 heterocycles. The van der Waals surface area contributed by atoms with Crippen LogP contribution in [0.5, 0.6) is 0 Å². The first kappa shape index (κ1) is 19.5. The maximum atomic E-state index is 13.5. The first-order valence-corrected chi connectivity index (χ1v) is 10.4. The van der Waals surface area contributed by atoms with Gasteiger partial charge in [-0.05, 0) is 41.3 Å². The van der Waals surface area contributed by atoms with Gasteiger partial charge in [0.25, 0.3) is 11.7 Å². The molecule has 0 aliphatic carbocycles. The number of ketones is 1. The van der Waals surface area contributed by atoms with Crippen LogP contribution in [-0.4, -0.2) is 21.7 Å². The normalized spacial score (nSPS) is 18.4. The minimum absolute atomic E-state index is 0.000451. The third kappa shape index (κ3) is 3.75. The predicted molar refractivity (Wildman–Crippen MR) is 113 cm³/mol. The molecule has 4 nitrogen and oxygen atoms in total. The van der Waals surface area contributed by atoms with Gasteiger partial charge < -0.3 is 10.0 Å². The summed E-state index contributed by atoms with van der Waals surface area (Å²) >= 11 is 4.81. The lowest BCUT2D eigenvalue weighted by Crippen LogP contribution is -2.28. The van der Waals surface area contributed by atoms with E-state index in [0.29, 0.717) is 11.1 Å². The second-order valence-electron chi connectivity index (χ2n) is 6.56. The molecule has 1 unspecified atom stereocenters. The summed E-state index contributed by atoms with van der Waals surface area (Å²) in [6.07, 6.45) is 0. The Hall–Kier alpha value is -2.77. The molecule has 0 saturated carbocycles. The van der Waals surface area contributed by atoms with Gasteiger partial charge in [0.15, 0.2) is 0 Å². The van der Waals surface area contributed by atoms with Crippen molar-refractivity contribution in [2.24, 2.45) is 0 Å². The molecule has 1 aliphatic heterocycles. The van der Waals surface area contributed by atoms with Crippen molar-refractivity contribution in [1.82, 2.24) is 4.90 Å². The van der Waals surface area contributed by atoms with Crippen LogP contribution in [0.15, 0.2) is 76.1 Å². The topological polar surface area (TPSA) is 57.6 Å². The molecule has 0 spiro atoms. The average molecular weight is 472 g/mol. The second kappa shape index (κ2) is 7.93. The molecule has 1 aliphatic rings. The van der Waals surface area contributed by atoms with Crippen molar-refractivity contribution in [2.75, 3.05) is 0 Å². The Morgan fingerprint density at radius 2 is 1.76 bits per heavy atom. The van der Waals surface area contributed by atoms with Crippen molar-refractivity contribution >= 4 is 44.7 Å². The highest BCUT2D eigenvalue weighted by molar-refractivity contribution is 9.10. The number of amides is 1. The molecule has 4 rings (SSSR count). The number of hydrogen-bond acceptors (Lipinski definition) is 4. The van der Waals surface area contributed by atoms with Crippen LogP contribution in [0.4, 0.5) is 4.39 Å². The van der Waals surface area contributed by atoms with E-state index in [0.717, 1.165) is 9.35 Å². The van der Waals surface area contributed by atoms with Crippen LogP contribution in [0.25, 0.3) is 5.76 Å². The first-order chi connectivity index (χ1) is 14.0. The van der Waals surface area contributed by atoms with E-state index in [1.54, 1.807) is 24.3 Å². The molecule has 1 aromatic heterocycles. The molecule has 1 amide bonds. The van der Waals surface area contributed by atoms with Crippen LogP contribution >= 0.6 is 27.3 Å². The zero-order valence-corrected chi connectivity index (χ0v) is 17.4. The van der Waals surface area contributed by atoms with Gasteiger partial charge in [-0.15, -0.1) is 11.3 Å². The molecule has 0 bridgehead atoms. The third-order valence-corrected chi connectivity index (χ3v) is 6.14. The van der Waals surface area contributed by atoms with Crippen molar-refractivity contribution in [3.63, 3.8) is 0 Å². The largest absolute Gasteiger partial charge is 0.507 e. The van der Waals surface area contributed by atoms with Crippen molar-refractivity contribution in [1.29, 1.82) is 0 Å². The molecule has 1 N–H and O–H groups in total. The lowest BCUT2D eigenvalue weighted by atomic mass is 9.95. The standard InChI is InChI=1S/C22H15BrFNO3S/c23-15-7-3-14(4-8-15)20(26)18-19(13-5-9-16(24)10-6-13)25(22(28)21(18)27)12-17-2-1-11-29-17/h1-11,19,26H,12H2/b20-18-. The van der Waals surface area contributed by atoms with Crippen molar-refractivity contribution < 1.29 is 19.1 Å². The summed E-state index contributed by atoms with van der Waals surface area (Å²) in [7, 11) is 0. The smallest absolute Gasteiger partial charge is 0.295 e. The number of aliphatic hydroxyl groups excluding tert-OH is 1. The van der Waals surface area contributed by atoms with E-state index < -0.39 is 23.5 Å². The molecule has 3 aromatic rings. The quantitative estimate of drug-likeness (QED) is 0.320. The van der Waals surface area contributed by atoms with Gasteiger partial charge in [-0.2, -0.15) is 0 Å². The summed E-state index contributed by atoms with van der Waals surface area (Å²) in [6.45, 7) is 0.224. The number of carbonyl (C=O) groups excluding carboxylic acids is 2. The van der Waals surface area contributed by atoms with Gasteiger partial charge >= 0.3 is 0 Å². The van der Waals surface area contributed by atoms with Crippen molar-refractivity contribution in [3.8, 4) is 0 Å². The van der Waals surface area contributed by atoms with Crippen LogP contribution in [0.3, 0.4) is 0 Å². The van der Waals surface area contributed by atoms with Gasteiger partial charge in [0.05, 0.1) is 18.2 Å². The van der Waals surface area contributed by atoms with Gasteiger partial charge in [0.1, 0.15) is 11.6 Å².